The Morgan fingerprint density at radius 3 is 2.83 bits per heavy atom. The second-order valence-electron chi connectivity index (χ2n) is 4.55. The van der Waals surface area contributed by atoms with Gasteiger partial charge in [0.15, 0.2) is 6.61 Å². The fraction of sp³-hybridized carbons (Fsp3) is 0.143. The van der Waals surface area contributed by atoms with Crippen LogP contribution in [0.3, 0.4) is 0 Å². The van der Waals surface area contributed by atoms with Gasteiger partial charge in [-0.05, 0) is 46.6 Å². The third-order valence-corrected chi connectivity index (χ3v) is 4.73. The Kier molecular flexibility index (Phi) is 6.46. The minimum absolute atomic E-state index is 0.0154. The highest BCUT2D eigenvalue weighted by Gasteiger charge is 2.10. The van der Waals surface area contributed by atoms with Gasteiger partial charge >= 0.3 is 5.00 Å². The first kappa shape index (κ1) is 18.6. The van der Waals surface area contributed by atoms with E-state index in [1.54, 1.807) is 6.07 Å². The van der Waals surface area contributed by atoms with Gasteiger partial charge in [-0.2, -0.15) is 5.10 Å². The summed E-state index contributed by atoms with van der Waals surface area (Å²) >= 11 is 7.71. The number of amides is 1. The van der Waals surface area contributed by atoms with Gasteiger partial charge < -0.3 is 4.74 Å². The maximum atomic E-state index is 11.7. The van der Waals surface area contributed by atoms with Gasteiger partial charge in [0.2, 0.25) is 0 Å². The first-order valence-corrected chi connectivity index (χ1v) is 8.91. The zero-order valence-corrected chi connectivity index (χ0v) is 16.3. The number of nitrogens with zero attached hydrogens (tertiary/aromatic N) is 2. The number of hydrogen-bond acceptors (Lipinski definition) is 6. The summed E-state index contributed by atoms with van der Waals surface area (Å²) in [5, 5.41) is 14.3. The third kappa shape index (κ3) is 5.11. The Morgan fingerprint density at radius 1 is 1.46 bits per heavy atom. The van der Waals surface area contributed by atoms with E-state index in [1.165, 1.54) is 12.3 Å². The van der Waals surface area contributed by atoms with E-state index < -0.39 is 10.8 Å². The van der Waals surface area contributed by atoms with Crippen molar-refractivity contribution in [3.63, 3.8) is 0 Å². The van der Waals surface area contributed by atoms with Crippen LogP contribution in [0.2, 0.25) is 0 Å². The fourth-order valence-corrected chi connectivity index (χ4v) is 3.97. The number of aryl methyl sites for hydroxylation is 1. The van der Waals surface area contributed by atoms with E-state index >= 15 is 0 Å². The van der Waals surface area contributed by atoms with E-state index in [1.807, 2.05) is 19.1 Å². The zero-order chi connectivity index (χ0) is 17.7. The summed E-state index contributed by atoms with van der Waals surface area (Å²) in [7, 11) is 0. The molecule has 0 atom stereocenters. The second kappa shape index (κ2) is 8.36. The van der Waals surface area contributed by atoms with Crippen LogP contribution in [0.5, 0.6) is 5.75 Å². The number of ether oxygens (including phenoxy) is 1. The summed E-state index contributed by atoms with van der Waals surface area (Å²) in [6.45, 7) is 1.66. The number of thiophene rings is 1. The molecule has 7 nitrogen and oxygen atoms in total. The molecule has 0 aliphatic carbocycles. The Bertz CT molecular complexity index is 784. The van der Waals surface area contributed by atoms with Gasteiger partial charge in [0.25, 0.3) is 5.91 Å². The molecule has 1 aromatic carbocycles. The van der Waals surface area contributed by atoms with E-state index in [9.17, 15) is 14.9 Å². The first-order valence-electron chi connectivity index (χ1n) is 6.51. The number of benzene rings is 1. The van der Waals surface area contributed by atoms with Gasteiger partial charge in [-0.3, -0.25) is 14.9 Å². The van der Waals surface area contributed by atoms with Crippen molar-refractivity contribution in [3.05, 3.63) is 53.8 Å². The molecule has 1 aromatic heterocycles. The molecule has 0 saturated heterocycles. The van der Waals surface area contributed by atoms with Crippen molar-refractivity contribution in [3.8, 4) is 5.75 Å². The number of carbonyl (C=O) groups is 1. The minimum atomic E-state index is -0.479. The largest absolute Gasteiger partial charge is 0.482 e. The molecule has 24 heavy (non-hydrogen) atoms. The lowest BCUT2D eigenvalue weighted by Crippen LogP contribution is -2.24. The first-order chi connectivity index (χ1) is 11.4. The van der Waals surface area contributed by atoms with Crippen LogP contribution in [-0.4, -0.2) is 23.7 Å². The number of hydrazone groups is 1. The number of nitrogens with one attached hydrogen (secondary N) is 1. The molecule has 126 valence electrons. The Hall–Kier alpha value is -1.78. The van der Waals surface area contributed by atoms with Crippen molar-refractivity contribution in [2.75, 3.05) is 6.61 Å². The Labute approximate surface area is 158 Å². The van der Waals surface area contributed by atoms with Crippen LogP contribution in [0.4, 0.5) is 5.00 Å². The summed E-state index contributed by atoms with van der Waals surface area (Å²) < 4.78 is 7.12. The third-order valence-electron chi connectivity index (χ3n) is 2.72. The average molecular weight is 477 g/mol. The van der Waals surface area contributed by atoms with Gasteiger partial charge in [-0.1, -0.05) is 27.3 Å². The van der Waals surface area contributed by atoms with E-state index in [0.29, 0.717) is 10.6 Å². The van der Waals surface area contributed by atoms with Crippen molar-refractivity contribution < 1.29 is 14.5 Å². The predicted octanol–water partition coefficient (Wildman–Crippen LogP) is 4.02. The van der Waals surface area contributed by atoms with E-state index in [-0.39, 0.29) is 11.6 Å². The summed E-state index contributed by atoms with van der Waals surface area (Å²) in [5.41, 5.74) is 3.18. The lowest BCUT2D eigenvalue weighted by Gasteiger charge is -2.10. The van der Waals surface area contributed by atoms with Crippen LogP contribution in [0.1, 0.15) is 10.4 Å². The van der Waals surface area contributed by atoms with E-state index in [0.717, 1.165) is 25.8 Å². The smallest absolute Gasteiger partial charge is 0.324 e. The van der Waals surface area contributed by atoms with Crippen LogP contribution in [0.15, 0.2) is 38.3 Å². The van der Waals surface area contributed by atoms with Crippen LogP contribution in [0.25, 0.3) is 0 Å². The van der Waals surface area contributed by atoms with Gasteiger partial charge in [-0.25, -0.2) is 5.43 Å². The molecule has 2 rings (SSSR count). The quantitative estimate of drug-likeness (QED) is 0.387. The number of halogens is 2. The van der Waals surface area contributed by atoms with Gasteiger partial charge in [-0.15, -0.1) is 0 Å². The number of nitro groups is 1. The van der Waals surface area contributed by atoms with Crippen molar-refractivity contribution in [1.29, 1.82) is 0 Å². The summed E-state index contributed by atoms with van der Waals surface area (Å²) in [6.07, 6.45) is 1.34. The molecular weight excluding hydrogens is 466 g/mol. The topological polar surface area (TPSA) is 93.8 Å². The van der Waals surface area contributed by atoms with Gasteiger partial charge in [0, 0.05) is 10.5 Å². The standard InChI is InChI=1S/C14H11Br2N3O4S/c1-8-4-9(15)5-11(16)14(8)23-7-12(20)18-17-6-10-2-3-13(24-10)19(21)22/h2-6H,7H2,1H3,(H,18,20). The van der Waals surface area contributed by atoms with Gasteiger partial charge in [0.05, 0.1) is 20.5 Å². The fourth-order valence-electron chi connectivity index (χ4n) is 1.72. The Morgan fingerprint density at radius 2 is 2.21 bits per heavy atom. The average Bonchev–Trinajstić information content (AvgIpc) is 2.95. The van der Waals surface area contributed by atoms with Crippen molar-refractivity contribution in [1.82, 2.24) is 5.43 Å². The van der Waals surface area contributed by atoms with Crippen molar-refractivity contribution in [2.24, 2.45) is 5.10 Å². The number of hydrogen-bond donors (Lipinski definition) is 1. The number of carbonyl (C=O) groups excluding carboxylic acids is 1. The maximum absolute atomic E-state index is 11.7. The highest BCUT2D eigenvalue weighted by molar-refractivity contribution is 9.11. The monoisotopic (exact) mass is 475 g/mol. The Balaban J connectivity index is 1.87. The van der Waals surface area contributed by atoms with Crippen LogP contribution in [0, 0.1) is 17.0 Å². The molecule has 0 radical (unpaired) electrons. The molecule has 0 aliphatic rings. The predicted molar refractivity (Wildman–Crippen MR) is 98.8 cm³/mol. The molecule has 0 unspecified atom stereocenters. The highest BCUT2D eigenvalue weighted by Crippen LogP contribution is 2.32. The SMILES string of the molecule is Cc1cc(Br)cc(Br)c1OCC(=O)NN=Cc1ccc([N+](=O)[O-])s1. The summed E-state index contributed by atoms with van der Waals surface area (Å²) in [4.78, 5) is 22.4. The number of rotatable bonds is 6. The maximum Gasteiger partial charge on any atom is 0.324 e. The molecule has 0 aliphatic heterocycles. The molecule has 1 heterocycles. The van der Waals surface area contributed by atoms with Crippen LogP contribution >= 0.6 is 43.2 Å². The molecule has 1 N–H and O–H groups in total. The molecule has 10 heteroatoms. The lowest BCUT2D eigenvalue weighted by atomic mass is 10.2. The minimum Gasteiger partial charge on any atom is -0.482 e. The zero-order valence-electron chi connectivity index (χ0n) is 12.3. The molecule has 0 fully saturated rings. The summed E-state index contributed by atoms with van der Waals surface area (Å²) in [5.74, 6) is 0.137. The normalized spacial score (nSPS) is 10.8. The molecule has 1 amide bonds. The van der Waals surface area contributed by atoms with E-state index in [2.05, 4.69) is 42.4 Å². The molecule has 0 bridgehead atoms. The van der Waals surface area contributed by atoms with E-state index in [4.69, 9.17) is 4.74 Å². The second-order valence-corrected chi connectivity index (χ2v) is 7.41. The van der Waals surface area contributed by atoms with Gasteiger partial charge in [0.1, 0.15) is 5.75 Å². The molecule has 2 aromatic rings. The van der Waals surface area contributed by atoms with Crippen LogP contribution < -0.4 is 10.2 Å². The van der Waals surface area contributed by atoms with Crippen molar-refractivity contribution in [2.45, 2.75) is 6.92 Å². The molecular formula is C14H11Br2N3O4S. The van der Waals surface area contributed by atoms with Crippen LogP contribution in [-0.2, 0) is 4.79 Å². The molecule has 0 saturated carbocycles. The lowest BCUT2D eigenvalue weighted by molar-refractivity contribution is -0.380. The molecule has 0 spiro atoms. The summed E-state index contributed by atoms with van der Waals surface area (Å²) in [6, 6.07) is 6.63. The highest BCUT2D eigenvalue weighted by atomic mass is 79.9. The van der Waals surface area contributed by atoms with Crippen molar-refractivity contribution >= 4 is 60.3 Å².